The summed E-state index contributed by atoms with van der Waals surface area (Å²) in [6.07, 6.45) is 1.59. The molecule has 0 saturated carbocycles. The van der Waals surface area contributed by atoms with E-state index in [1.807, 2.05) is 24.3 Å². The quantitative estimate of drug-likeness (QED) is 0.650. The highest BCUT2D eigenvalue weighted by molar-refractivity contribution is 7.94. The zero-order chi connectivity index (χ0) is 20.4. The molecule has 0 aliphatic heterocycles. The van der Waals surface area contributed by atoms with Crippen LogP contribution in [0, 0.1) is 0 Å². The van der Waals surface area contributed by atoms with Crippen molar-refractivity contribution in [3.63, 3.8) is 0 Å². The zero-order valence-corrected chi connectivity index (χ0v) is 16.7. The Morgan fingerprint density at radius 2 is 1.64 bits per heavy atom. The van der Waals surface area contributed by atoms with Crippen molar-refractivity contribution in [2.45, 2.75) is 25.5 Å². The van der Waals surface area contributed by atoms with Crippen LogP contribution in [0.15, 0.2) is 71.3 Å². The molecule has 0 unspecified atom stereocenters. The number of furan rings is 1. The van der Waals surface area contributed by atoms with Gasteiger partial charge < -0.3 is 9.73 Å². The van der Waals surface area contributed by atoms with E-state index >= 15 is 0 Å². The van der Waals surface area contributed by atoms with Gasteiger partial charge in [0.25, 0.3) is 5.91 Å². The van der Waals surface area contributed by atoms with Crippen molar-refractivity contribution < 1.29 is 17.6 Å². The van der Waals surface area contributed by atoms with Gasteiger partial charge in [-0.3, -0.25) is 9.52 Å². The average molecular weight is 398 g/mol. The van der Waals surface area contributed by atoms with Crippen molar-refractivity contribution in [2.75, 3.05) is 10.0 Å². The van der Waals surface area contributed by atoms with Gasteiger partial charge in [-0.2, -0.15) is 0 Å². The molecular formula is C21H22N2O4S. The number of amides is 1. The Labute approximate surface area is 164 Å². The molecule has 0 aliphatic rings. The van der Waals surface area contributed by atoms with Gasteiger partial charge in [0, 0.05) is 22.5 Å². The predicted octanol–water partition coefficient (Wildman–Crippen LogP) is 4.74. The van der Waals surface area contributed by atoms with Crippen LogP contribution in [-0.4, -0.2) is 19.1 Å². The molecule has 7 heteroatoms. The third-order valence-corrected chi connectivity index (χ3v) is 6.25. The fourth-order valence-corrected chi connectivity index (χ4v) is 3.15. The van der Waals surface area contributed by atoms with Crippen molar-refractivity contribution in [2.24, 2.45) is 0 Å². The van der Waals surface area contributed by atoms with Crippen LogP contribution in [0.1, 0.15) is 31.1 Å². The standard InChI is InChI=1S/C21H22N2O4S/c1-21(2,3)28(25,26)23-17-11-9-15(10-12-17)20(24)22-18-7-4-6-16(14-18)19-8-5-13-27-19/h4-14,23H,1-3H3,(H,22,24). The summed E-state index contributed by atoms with van der Waals surface area (Å²) in [5.41, 5.74) is 2.32. The monoisotopic (exact) mass is 398 g/mol. The van der Waals surface area contributed by atoms with Gasteiger partial charge in [-0.1, -0.05) is 12.1 Å². The lowest BCUT2D eigenvalue weighted by molar-refractivity contribution is 0.102. The number of hydrogen-bond donors (Lipinski definition) is 2. The first-order chi connectivity index (χ1) is 13.2. The third-order valence-electron chi connectivity index (χ3n) is 4.13. The Morgan fingerprint density at radius 3 is 2.25 bits per heavy atom. The summed E-state index contributed by atoms with van der Waals surface area (Å²) in [5.74, 6) is 0.424. The molecule has 146 valence electrons. The number of hydrogen-bond acceptors (Lipinski definition) is 4. The average Bonchev–Trinajstić information content (AvgIpc) is 3.16. The van der Waals surface area contributed by atoms with Crippen LogP contribution < -0.4 is 10.0 Å². The van der Waals surface area contributed by atoms with Crippen LogP contribution in [0.25, 0.3) is 11.3 Å². The molecule has 0 fully saturated rings. The van der Waals surface area contributed by atoms with Gasteiger partial charge in [-0.25, -0.2) is 8.42 Å². The second-order valence-electron chi connectivity index (χ2n) is 7.31. The minimum Gasteiger partial charge on any atom is -0.464 e. The molecule has 2 aromatic carbocycles. The molecule has 0 saturated heterocycles. The Bertz CT molecular complexity index is 1060. The van der Waals surface area contributed by atoms with Gasteiger partial charge in [0.2, 0.25) is 10.0 Å². The van der Waals surface area contributed by atoms with Crippen LogP contribution in [0.3, 0.4) is 0 Å². The first kappa shape index (κ1) is 19.7. The van der Waals surface area contributed by atoms with Crippen LogP contribution in [0.2, 0.25) is 0 Å². The molecule has 0 spiro atoms. The number of carbonyl (C=O) groups excluding carboxylic acids is 1. The molecule has 1 heterocycles. The maximum absolute atomic E-state index is 12.5. The highest BCUT2D eigenvalue weighted by Gasteiger charge is 2.28. The first-order valence-corrected chi connectivity index (χ1v) is 10.2. The molecule has 0 atom stereocenters. The third kappa shape index (κ3) is 4.43. The minimum absolute atomic E-state index is 0.290. The van der Waals surface area contributed by atoms with Gasteiger partial charge in [0.05, 0.1) is 11.0 Å². The Kier molecular flexibility index (Phi) is 5.29. The van der Waals surface area contributed by atoms with E-state index in [9.17, 15) is 13.2 Å². The molecule has 1 amide bonds. The highest BCUT2D eigenvalue weighted by atomic mass is 32.2. The van der Waals surface area contributed by atoms with Gasteiger partial charge in [0.15, 0.2) is 0 Å². The van der Waals surface area contributed by atoms with Crippen molar-refractivity contribution in [1.82, 2.24) is 0 Å². The molecule has 0 bridgehead atoms. The maximum Gasteiger partial charge on any atom is 0.255 e. The van der Waals surface area contributed by atoms with E-state index in [0.29, 0.717) is 22.7 Å². The van der Waals surface area contributed by atoms with E-state index in [1.54, 1.807) is 63.4 Å². The molecule has 28 heavy (non-hydrogen) atoms. The molecule has 0 aliphatic carbocycles. The van der Waals surface area contributed by atoms with E-state index in [1.165, 1.54) is 0 Å². The van der Waals surface area contributed by atoms with Gasteiger partial charge in [-0.05, 0) is 69.3 Å². The lowest BCUT2D eigenvalue weighted by atomic mass is 10.1. The van der Waals surface area contributed by atoms with Crippen molar-refractivity contribution in [3.05, 3.63) is 72.5 Å². The SMILES string of the molecule is CC(C)(C)S(=O)(=O)Nc1ccc(C(=O)Nc2cccc(-c3ccco3)c2)cc1. The number of rotatable bonds is 5. The largest absolute Gasteiger partial charge is 0.464 e. The summed E-state index contributed by atoms with van der Waals surface area (Å²) >= 11 is 0. The molecule has 1 aromatic heterocycles. The fraction of sp³-hybridized carbons (Fsp3) is 0.190. The summed E-state index contributed by atoms with van der Waals surface area (Å²) in [4.78, 5) is 12.5. The first-order valence-electron chi connectivity index (χ1n) is 8.73. The Hall–Kier alpha value is -3.06. The lowest BCUT2D eigenvalue weighted by Gasteiger charge is -2.20. The molecule has 0 radical (unpaired) electrons. The van der Waals surface area contributed by atoms with Crippen LogP contribution in [-0.2, 0) is 10.0 Å². The smallest absolute Gasteiger partial charge is 0.255 e. The van der Waals surface area contributed by atoms with Gasteiger partial charge >= 0.3 is 0 Å². The predicted molar refractivity (Wildman–Crippen MR) is 111 cm³/mol. The van der Waals surface area contributed by atoms with Crippen LogP contribution in [0.4, 0.5) is 11.4 Å². The molecule has 6 nitrogen and oxygen atoms in total. The number of sulfonamides is 1. The van der Waals surface area contributed by atoms with E-state index in [-0.39, 0.29) is 5.91 Å². The van der Waals surface area contributed by atoms with Gasteiger partial charge in [0.1, 0.15) is 5.76 Å². The van der Waals surface area contributed by atoms with Crippen molar-refractivity contribution >= 4 is 27.3 Å². The lowest BCUT2D eigenvalue weighted by Crippen LogP contribution is -2.33. The second-order valence-corrected chi connectivity index (χ2v) is 9.74. The van der Waals surface area contributed by atoms with E-state index in [4.69, 9.17) is 4.42 Å². The minimum atomic E-state index is -3.52. The van der Waals surface area contributed by atoms with E-state index in [2.05, 4.69) is 10.0 Å². The normalized spacial score (nSPS) is 11.8. The number of carbonyl (C=O) groups is 1. The summed E-state index contributed by atoms with van der Waals surface area (Å²) < 4.78 is 31.4. The Balaban J connectivity index is 1.71. The molecule has 2 N–H and O–H groups in total. The molecule has 3 rings (SSSR count). The van der Waals surface area contributed by atoms with E-state index in [0.717, 1.165) is 5.56 Å². The Morgan fingerprint density at radius 1 is 0.929 bits per heavy atom. The summed E-state index contributed by atoms with van der Waals surface area (Å²) in [7, 11) is -3.52. The number of anilines is 2. The van der Waals surface area contributed by atoms with Crippen LogP contribution >= 0.6 is 0 Å². The molecule has 3 aromatic rings. The van der Waals surface area contributed by atoms with E-state index < -0.39 is 14.8 Å². The number of nitrogens with one attached hydrogen (secondary N) is 2. The topological polar surface area (TPSA) is 88.4 Å². The molecular weight excluding hydrogens is 376 g/mol. The van der Waals surface area contributed by atoms with Crippen molar-refractivity contribution in [3.8, 4) is 11.3 Å². The second kappa shape index (κ2) is 7.52. The fourth-order valence-electron chi connectivity index (χ4n) is 2.39. The van der Waals surface area contributed by atoms with Crippen molar-refractivity contribution in [1.29, 1.82) is 0 Å². The zero-order valence-electron chi connectivity index (χ0n) is 15.9. The summed E-state index contributed by atoms with van der Waals surface area (Å²) in [6.45, 7) is 4.86. The maximum atomic E-state index is 12.5. The number of benzene rings is 2. The van der Waals surface area contributed by atoms with Crippen LogP contribution in [0.5, 0.6) is 0 Å². The summed E-state index contributed by atoms with van der Waals surface area (Å²) in [6, 6.07) is 17.3. The highest BCUT2D eigenvalue weighted by Crippen LogP contribution is 2.24. The van der Waals surface area contributed by atoms with Gasteiger partial charge in [-0.15, -0.1) is 0 Å². The summed E-state index contributed by atoms with van der Waals surface area (Å²) in [5, 5.41) is 2.83.